The Kier molecular flexibility index (Phi) is 4.07. The van der Waals surface area contributed by atoms with E-state index in [1.165, 1.54) is 0 Å². The first-order valence-electron chi connectivity index (χ1n) is 5.46. The molecule has 0 aliphatic heterocycles. The number of hydrogen-bond acceptors (Lipinski definition) is 3. The van der Waals surface area contributed by atoms with E-state index >= 15 is 0 Å². The van der Waals surface area contributed by atoms with Gasteiger partial charge in [0, 0.05) is 16.4 Å². The van der Waals surface area contributed by atoms with Crippen LogP contribution in [0.3, 0.4) is 0 Å². The summed E-state index contributed by atoms with van der Waals surface area (Å²) in [6, 6.07) is 6.84. The van der Waals surface area contributed by atoms with Crippen LogP contribution in [0.25, 0.3) is 0 Å². The Hall–Kier alpha value is -1.59. The van der Waals surface area contributed by atoms with E-state index in [1.807, 2.05) is 6.92 Å². The van der Waals surface area contributed by atoms with Crippen molar-refractivity contribution in [2.24, 2.45) is 0 Å². The number of halogens is 2. The van der Waals surface area contributed by atoms with Gasteiger partial charge in [0.25, 0.3) is 5.91 Å². The molecule has 1 aromatic carbocycles. The number of aryl methyl sites for hydroxylation is 1. The predicted molar refractivity (Wildman–Crippen MR) is 80.5 cm³/mol. The zero-order valence-corrected chi connectivity index (χ0v) is 12.4. The van der Waals surface area contributed by atoms with Crippen molar-refractivity contribution < 1.29 is 4.79 Å². The normalized spacial score (nSPS) is 10.3. The van der Waals surface area contributed by atoms with Gasteiger partial charge < -0.3 is 11.1 Å². The maximum Gasteiger partial charge on any atom is 0.257 e. The summed E-state index contributed by atoms with van der Waals surface area (Å²) in [5.41, 5.74) is 7.93. The summed E-state index contributed by atoms with van der Waals surface area (Å²) in [7, 11) is 0. The number of anilines is 2. The predicted octanol–water partition coefficient (Wildman–Crippen LogP) is 3.64. The lowest BCUT2D eigenvalue weighted by Gasteiger charge is -2.09. The fourth-order valence-electron chi connectivity index (χ4n) is 1.55. The van der Waals surface area contributed by atoms with E-state index in [1.54, 1.807) is 30.5 Å². The molecule has 2 aromatic rings. The molecule has 0 aliphatic rings. The van der Waals surface area contributed by atoms with Gasteiger partial charge in [0.1, 0.15) is 0 Å². The monoisotopic (exact) mass is 339 g/mol. The summed E-state index contributed by atoms with van der Waals surface area (Å²) in [4.78, 5) is 16.1. The van der Waals surface area contributed by atoms with Gasteiger partial charge in [0.2, 0.25) is 0 Å². The van der Waals surface area contributed by atoms with Gasteiger partial charge in [-0.25, -0.2) is 4.98 Å². The molecular formula is C13H11BrClN3O. The molecule has 0 radical (unpaired) electrons. The smallest absolute Gasteiger partial charge is 0.257 e. The van der Waals surface area contributed by atoms with Gasteiger partial charge >= 0.3 is 0 Å². The zero-order valence-electron chi connectivity index (χ0n) is 10.1. The molecule has 1 heterocycles. The fourth-order valence-corrected chi connectivity index (χ4v) is 2.07. The first kappa shape index (κ1) is 13.8. The number of amides is 1. The van der Waals surface area contributed by atoms with Crippen molar-refractivity contribution in [3.05, 3.63) is 51.2 Å². The van der Waals surface area contributed by atoms with Crippen molar-refractivity contribution in [2.75, 3.05) is 11.1 Å². The van der Waals surface area contributed by atoms with Crippen LogP contribution in [0, 0.1) is 6.92 Å². The van der Waals surface area contributed by atoms with Gasteiger partial charge in [-0.1, -0.05) is 27.5 Å². The number of pyridine rings is 1. The Balaban J connectivity index is 2.30. The second kappa shape index (κ2) is 5.59. The molecule has 19 heavy (non-hydrogen) atoms. The van der Waals surface area contributed by atoms with Crippen molar-refractivity contribution in [2.45, 2.75) is 6.92 Å². The Labute approximate surface area is 124 Å². The summed E-state index contributed by atoms with van der Waals surface area (Å²) in [5, 5.41) is 2.94. The zero-order chi connectivity index (χ0) is 14.0. The molecular weight excluding hydrogens is 330 g/mol. The Bertz CT molecular complexity index is 646. The van der Waals surface area contributed by atoms with Gasteiger partial charge in [-0.15, -0.1) is 0 Å². The topological polar surface area (TPSA) is 68.0 Å². The SMILES string of the molecule is Cc1cnc(Cl)c(NC(=O)c2cc(Br)ccc2N)c1. The molecule has 1 amide bonds. The number of carbonyl (C=O) groups excluding carboxylic acids is 1. The first-order chi connectivity index (χ1) is 8.97. The second-order valence-electron chi connectivity index (χ2n) is 4.04. The van der Waals surface area contributed by atoms with Gasteiger partial charge in [-0.2, -0.15) is 0 Å². The fraction of sp³-hybridized carbons (Fsp3) is 0.0769. The van der Waals surface area contributed by atoms with E-state index < -0.39 is 0 Å². The van der Waals surface area contributed by atoms with E-state index in [-0.39, 0.29) is 11.1 Å². The standard InChI is InChI=1S/C13H11BrClN3O/c1-7-4-11(12(15)17-6-7)18-13(19)9-5-8(14)2-3-10(9)16/h2-6H,16H2,1H3,(H,18,19). The molecule has 0 aliphatic carbocycles. The van der Waals surface area contributed by atoms with Crippen LogP contribution in [0.15, 0.2) is 34.9 Å². The van der Waals surface area contributed by atoms with E-state index in [0.717, 1.165) is 10.0 Å². The number of rotatable bonds is 2. The van der Waals surface area contributed by atoms with Crippen LogP contribution in [0.2, 0.25) is 5.15 Å². The van der Waals surface area contributed by atoms with Crippen molar-refractivity contribution in [1.29, 1.82) is 0 Å². The summed E-state index contributed by atoms with van der Waals surface area (Å²) in [6.07, 6.45) is 1.63. The Morgan fingerprint density at radius 1 is 1.42 bits per heavy atom. The van der Waals surface area contributed by atoms with Gasteiger partial charge in [-0.05, 0) is 36.8 Å². The molecule has 3 N–H and O–H groups in total. The summed E-state index contributed by atoms with van der Waals surface area (Å²) < 4.78 is 0.778. The number of aromatic nitrogens is 1. The molecule has 6 heteroatoms. The first-order valence-corrected chi connectivity index (χ1v) is 6.63. The Morgan fingerprint density at radius 2 is 2.16 bits per heavy atom. The van der Waals surface area contributed by atoms with E-state index in [2.05, 4.69) is 26.2 Å². The van der Waals surface area contributed by atoms with Crippen LogP contribution in [0.5, 0.6) is 0 Å². The highest BCUT2D eigenvalue weighted by Gasteiger charge is 2.12. The average Bonchev–Trinajstić information content (AvgIpc) is 2.36. The Morgan fingerprint density at radius 3 is 2.89 bits per heavy atom. The maximum atomic E-state index is 12.2. The molecule has 2 rings (SSSR count). The minimum absolute atomic E-state index is 0.243. The molecule has 98 valence electrons. The van der Waals surface area contributed by atoms with Crippen molar-refractivity contribution in [3.63, 3.8) is 0 Å². The lowest BCUT2D eigenvalue weighted by molar-refractivity contribution is 0.102. The third kappa shape index (κ3) is 3.24. The number of nitrogen functional groups attached to an aromatic ring is 1. The second-order valence-corrected chi connectivity index (χ2v) is 5.31. The summed E-state index contributed by atoms with van der Waals surface area (Å²) >= 11 is 9.23. The third-order valence-electron chi connectivity index (χ3n) is 2.48. The number of nitrogens with zero attached hydrogens (tertiary/aromatic N) is 1. The van der Waals surface area contributed by atoms with Crippen LogP contribution in [-0.2, 0) is 0 Å². The van der Waals surface area contributed by atoms with Crippen molar-refractivity contribution in [3.8, 4) is 0 Å². The highest BCUT2D eigenvalue weighted by molar-refractivity contribution is 9.10. The van der Waals surface area contributed by atoms with Gasteiger partial charge in [0.05, 0.1) is 11.3 Å². The molecule has 0 spiro atoms. The molecule has 0 atom stereocenters. The van der Waals surface area contributed by atoms with Crippen LogP contribution < -0.4 is 11.1 Å². The number of carbonyl (C=O) groups is 1. The van der Waals surface area contributed by atoms with Gasteiger partial charge in [-0.3, -0.25) is 4.79 Å². The number of hydrogen-bond donors (Lipinski definition) is 2. The van der Waals surface area contributed by atoms with E-state index in [4.69, 9.17) is 17.3 Å². The average molecular weight is 341 g/mol. The molecule has 0 saturated carbocycles. The molecule has 0 bridgehead atoms. The maximum absolute atomic E-state index is 12.2. The minimum atomic E-state index is -0.326. The number of benzene rings is 1. The lowest BCUT2D eigenvalue weighted by Crippen LogP contribution is -2.14. The van der Waals surface area contributed by atoms with Crippen molar-refractivity contribution >= 4 is 44.8 Å². The van der Waals surface area contributed by atoms with Crippen LogP contribution in [0.4, 0.5) is 11.4 Å². The third-order valence-corrected chi connectivity index (χ3v) is 3.28. The molecule has 1 aromatic heterocycles. The lowest BCUT2D eigenvalue weighted by atomic mass is 10.1. The number of nitrogens with two attached hydrogens (primary N) is 1. The van der Waals surface area contributed by atoms with Gasteiger partial charge in [0.15, 0.2) is 5.15 Å². The van der Waals surface area contributed by atoms with Crippen LogP contribution in [-0.4, -0.2) is 10.9 Å². The summed E-state index contributed by atoms with van der Waals surface area (Å²) in [5.74, 6) is -0.326. The van der Waals surface area contributed by atoms with E-state index in [0.29, 0.717) is 16.9 Å². The summed E-state index contributed by atoms with van der Waals surface area (Å²) in [6.45, 7) is 1.87. The van der Waals surface area contributed by atoms with E-state index in [9.17, 15) is 4.79 Å². The quantitative estimate of drug-likeness (QED) is 0.648. The largest absolute Gasteiger partial charge is 0.398 e. The van der Waals surface area contributed by atoms with Crippen molar-refractivity contribution in [1.82, 2.24) is 4.98 Å². The highest BCUT2D eigenvalue weighted by atomic mass is 79.9. The number of nitrogens with one attached hydrogen (secondary N) is 1. The molecule has 4 nitrogen and oxygen atoms in total. The van der Waals surface area contributed by atoms with Crippen LogP contribution >= 0.6 is 27.5 Å². The van der Waals surface area contributed by atoms with Crippen LogP contribution in [0.1, 0.15) is 15.9 Å². The highest BCUT2D eigenvalue weighted by Crippen LogP contribution is 2.23. The molecule has 0 saturated heterocycles. The molecule has 0 fully saturated rings. The minimum Gasteiger partial charge on any atom is -0.398 e. The molecule has 0 unspecified atom stereocenters.